The molecule has 2 heteroatoms. The molecule has 1 aromatic rings. The average Bonchev–Trinajstić information content (AvgIpc) is 2.96. The van der Waals surface area contributed by atoms with Crippen molar-refractivity contribution in [2.45, 2.75) is 44.6 Å². The summed E-state index contributed by atoms with van der Waals surface area (Å²) in [5, 5.41) is 0. The minimum Gasteiger partial charge on any atom is -0.367 e. The zero-order valence-corrected chi connectivity index (χ0v) is 10.3. The Morgan fingerprint density at radius 2 is 2.06 bits per heavy atom. The second kappa shape index (κ2) is 3.95. The van der Waals surface area contributed by atoms with E-state index >= 15 is 0 Å². The van der Waals surface area contributed by atoms with E-state index in [4.69, 9.17) is 4.74 Å². The lowest BCUT2D eigenvalue weighted by atomic mass is 9.90. The summed E-state index contributed by atoms with van der Waals surface area (Å²) >= 11 is 0. The zero-order valence-electron chi connectivity index (χ0n) is 10.3. The number of fused-ring (bicyclic) bond motifs is 1. The van der Waals surface area contributed by atoms with E-state index in [1.165, 1.54) is 17.5 Å². The van der Waals surface area contributed by atoms with Gasteiger partial charge in [-0.1, -0.05) is 12.1 Å². The number of benzene rings is 1. The van der Waals surface area contributed by atoms with E-state index in [0.29, 0.717) is 6.61 Å². The van der Waals surface area contributed by atoms with Crippen LogP contribution < -0.4 is 0 Å². The van der Waals surface area contributed by atoms with Gasteiger partial charge >= 0.3 is 0 Å². The van der Waals surface area contributed by atoms with Crippen LogP contribution in [0.25, 0.3) is 0 Å². The summed E-state index contributed by atoms with van der Waals surface area (Å²) in [5.41, 5.74) is 3.03. The maximum atomic E-state index is 12.4. The highest BCUT2D eigenvalue weighted by molar-refractivity contribution is 6.02. The third-order valence-corrected chi connectivity index (χ3v) is 4.06. The Morgan fingerprint density at radius 1 is 1.24 bits per heavy atom. The van der Waals surface area contributed by atoms with Gasteiger partial charge in [0, 0.05) is 12.2 Å². The SMILES string of the molecule is CC1(C(=O)c2ccc3c(c2)CCC3)CCCO1. The number of rotatable bonds is 2. The first-order valence-corrected chi connectivity index (χ1v) is 6.50. The van der Waals surface area contributed by atoms with Crippen molar-refractivity contribution in [1.29, 1.82) is 0 Å². The molecule has 1 saturated heterocycles. The van der Waals surface area contributed by atoms with Crippen LogP contribution >= 0.6 is 0 Å². The monoisotopic (exact) mass is 230 g/mol. The summed E-state index contributed by atoms with van der Waals surface area (Å²) in [6, 6.07) is 6.17. The molecule has 1 fully saturated rings. The van der Waals surface area contributed by atoms with E-state index in [-0.39, 0.29) is 5.78 Å². The predicted octanol–water partition coefficient (Wildman–Crippen LogP) is 2.93. The second-order valence-corrected chi connectivity index (χ2v) is 5.35. The van der Waals surface area contributed by atoms with Crippen molar-refractivity contribution in [3.63, 3.8) is 0 Å². The molecule has 2 nitrogen and oxygen atoms in total. The quantitative estimate of drug-likeness (QED) is 0.730. The molecular weight excluding hydrogens is 212 g/mol. The fraction of sp³-hybridized carbons (Fsp3) is 0.533. The first-order chi connectivity index (χ1) is 8.19. The van der Waals surface area contributed by atoms with Gasteiger partial charge in [0.25, 0.3) is 0 Å². The highest BCUT2D eigenvalue weighted by atomic mass is 16.5. The van der Waals surface area contributed by atoms with Crippen LogP contribution in [0.4, 0.5) is 0 Å². The summed E-state index contributed by atoms with van der Waals surface area (Å²) in [4.78, 5) is 12.4. The van der Waals surface area contributed by atoms with Crippen molar-refractivity contribution >= 4 is 5.78 Å². The van der Waals surface area contributed by atoms with Crippen molar-refractivity contribution in [3.05, 3.63) is 34.9 Å². The lowest BCUT2D eigenvalue weighted by Gasteiger charge is -2.21. The van der Waals surface area contributed by atoms with Crippen molar-refractivity contribution in [3.8, 4) is 0 Å². The molecule has 90 valence electrons. The molecule has 1 atom stereocenters. The number of hydrogen-bond donors (Lipinski definition) is 0. The molecule has 1 unspecified atom stereocenters. The molecule has 0 N–H and O–H groups in total. The summed E-state index contributed by atoms with van der Waals surface area (Å²) in [7, 11) is 0. The number of Topliss-reactive ketones (excluding diaryl/α,β-unsaturated/α-hetero) is 1. The van der Waals surface area contributed by atoms with Crippen LogP contribution in [-0.4, -0.2) is 18.0 Å². The molecule has 1 heterocycles. The minimum atomic E-state index is -0.577. The van der Waals surface area contributed by atoms with E-state index in [9.17, 15) is 4.79 Å². The molecule has 1 aromatic carbocycles. The van der Waals surface area contributed by atoms with Gasteiger partial charge in [0.05, 0.1) is 0 Å². The number of hydrogen-bond acceptors (Lipinski definition) is 2. The summed E-state index contributed by atoms with van der Waals surface area (Å²) in [6.45, 7) is 2.64. The molecule has 17 heavy (non-hydrogen) atoms. The maximum Gasteiger partial charge on any atom is 0.194 e. The third-order valence-electron chi connectivity index (χ3n) is 4.06. The maximum absolute atomic E-state index is 12.4. The number of ketones is 1. The number of aryl methyl sites for hydroxylation is 2. The largest absolute Gasteiger partial charge is 0.367 e. The Morgan fingerprint density at radius 3 is 2.82 bits per heavy atom. The molecule has 2 aliphatic rings. The van der Waals surface area contributed by atoms with E-state index in [0.717, 1.165) is 31.2 Å². The Hall–Kier alpha value is -1.15. The van der Waals surface area contributed by atoms with Crippen molar-refractivity contribution in [1.82, 2.24) is 0 Å². The average molecular weight is 230 g/mol. The fourth-order valence-corrected chi connectivity index (χ4v) is 2.98. The van der Waals surface area contributed by atoms with Crippen LogP contribution in [0.15, 0.2) is 18.2 Å². The van der Waals surface area contributed by atoms with Crippen LogP contribution in [0.2, 0.25) is 0 Å². The van der Waals surface area contributed by atoms with Crippen LogP contribution in [0, 0.1) is 0 Å². The molecule has 0 amide bonds. The van der Waals surface area contributed by atoms with Gasteiger partial charge in [0.2, 0.25) is 0 Å². The lowest BCUT2D eigenvalue weighted by molar-refractivity contribution is 0.0213. The Balaban J connectivity index is 1.91. The first-order valence-electron chi connectivity index (χ1n) is 6.50. The smallest absolute Gasteiger partial charge is 0.194 e. The van der Waals surface area contributed by atoms with Gasteiger partial charge < -0.3 is 4.74 Å². The van der Waals surface area contributed by atoms with Gasteiger partial charge in [-0.15, -0.1) is 0 Å². The Kier molecular flexibility index (Phi) is 2.55. The fourth-order valence-electron chi connectivity index (χ4n) is 2.98. The van der Waals surface area contributed by atoms with Gasteiger partial charge in [-0.3, -0.25) is 4.79 Å². The van der Waals surface area contributed by atoms with Crippen LogP contribution in [-0.2, 0) is 17.6 Å². The van der Waals surface area contributed by atoms with Gasteiger partial charge in [-0.2, -0.15) is 0 Å². The summed E-state index contributed by atoms with van der Waals surface area (Å²) in [6.07, 6.45) is 5.35. The Labute approximate surface area is 102 Å². The molecule has 0 radical (unpaired) electrons. The molecule has 0 bridgehead atoms. The minimum absolute atomic E-state index is 0.157. The highest BCUT2D eigenvalue weighted by Crippen LogP contribution is 2.31. The van der Waals surface area contributed by atoms with Gasteiger partial charge in [0.1, 0.15) is 5.60 Å². The van der Waals surface area contributed by atoms with Crippen LogP contribution in [0.5, 0.6) is 0 Å². The normalized spacial score (nSPS) is 27.1. The second-order valence-electron chi connectivity index (χ2n) is 5.35. The standard InChI is InChI=1S/C15H18O2/c1-15(8-3-9-17-15)14(16)13-7-6-11-4-2-5-12(11)10-13/h6-7,10H,2-5,8-9H2,1H3. The van der Waals surface area contributed by atoms with Gasteiger partial charge in [-0.25, -0.2) is 0 Å². The third kappa shape index (κ3) is 1.81. The number of ether oxygens (including phenoxy) is 1. The molecule has 3 rings (SSSR count). The van der Waals surface area contributed by atoms with Crippen molar-refractivity contribution < 1.29 is 9.53 Å². The molecule has 1 aliphatic carbocycles. The molecular formula is C15H18O2. The molecule has 0 aromatic heterocycles. The number of carbonyl (C=O) groups excluding carboxylic acids is 1. The first kappa shape index (κ1) is 11.0. The summed E-state index contributed by atoms with van der Waals surface area (Å²) < 4.78 is 5.63. The van der Waals surface area contributed by atoms with Gasteiger partial charge in [-0.05, 0) is 56.2 Å². The van der Waals surface area contributed by atoms with E-state index in [1.807, 2.05) is 13.0 Å². The van der Waals surface area contributed by atoms with E-state index in [1.54, 1.807) is 0 Å². The van der Waals surface area contributed by atoms with Crippen molar-refractivity contribution in [2.24, 2.45) is 0 Å². The molecule has 1 aliphatic heterocycles. The zero-order chi connectivity index (χ0) is 11.9. The number of carbonyl (C=O) groups is 1. The predicted molar refractivity (Wildman–Crippen MR) is 66.4 cm³/mol. The van der Waals surface area contributed by atoms with Crippen LogP contribution in [0.1, 0.15) is 47.7 Å². The van der Waals surface area contributed by atoms with E-state index < -0.39 is 5.60 Å². The topological polar surface area (TPSA) is 26.3 Å². The van der Waals surface area contributed by atoms with Gasteiger partial charge in [0.15, 0.2) is 5.78 Å². The summed E-state index contributed by atoms with van der Waals surface area (Å²) in [5.74, 6) is 0.157. The van der Waals surface area contributed by atoms with Crippen molar-refractivity contribution in [2.75, 3.05) is 6.61 Å². The lowest BCUT2D eigenvalue weighted by Crippen LogP contribution is -2.34. The Bertz CT molecular complexity index is 456. The van der Waals surface area contributed by atoms with E-state index in [2.05, 4.69) is 12.1 Å². The highest BCUT2D eigenvalue weighted by Gasteiger charge is 2.38. The molecule has 0 spiro atoms. The van der Waals surface area contributed by atoms with Crippen LogP contribution in [0.3, 0.4) is 0 Å². The molecule has 0 saturated carbocycles.